The van der Waals surface area contributed by atoms with Crippen LogP contribution in [-0.2, 0) is 22.6 Å². The van der Waals surface area contributed by atoms with E-state index < -0.39 is 6.04 Å². The van der Waals surface area contributed by atoms with Crippen molar-refractivity contribution in [1.82, 2.24) is 25.4 Å². The second-order valence-corrected chi connectivity index (χ2v) is 8.69. The molecule has 1 aromatic heterocycles. The standard InChI is InChI=1S/C25H29N5O3S/c1-2-33-20-12-8-18(9-13-20)23-28-29-25(34)30(23)15-14-22(31)27-21(24(32)26-19-10-11-19)16-17-6-4-3-5-7-17/h3-9,12-13,19,21H,2,10-11,14-16H2,1H3,(H,26,32)(H,27,31)(H,29,34). The molecule has 178 valence electrons. The lowest BCUT2D eigenvalue weighted by molar-refractivity contribution is -0.129. The Morgan fingerprint density at radius 2 is 1.91 bits per heavy atom. The molecule has 1 aliphatic rings. The molecule has 9 heteroatoms. The molecular weight excluding hydrogens is 450 g/mol. The van der Waals surface area contributed by atoms with Gasteiger partial charge in [0.25, 0.3) is 0 Å². The lowest BCUT2D eigenvalue weighted by Gasteiger charge is -2.19. The fraction of sp³-hybridized carbons (Fsp3) is 0.360. The summed E-state index contributed by atoms with van der Waals surface area (Å²) in [6.45, 7) is 2.87. The van der Waals surface area contributed by atoms with Crippen LogP contribution in [0.2, 0.25) is 0 Å². The van der Waals surface area contributed by atoms with E-state index in [2.05, 4.69) is 20.8 Å². The number of ether oxygens (including phenoxy) is 1. The zero-order chi connectivity index (χ0) is 23.9. The maximum atomic E-state index is 12.8. The van der Waals surface area contributed by atoms with Crippen LogP contribution >= 0.6 is 12.2 Å². The Morgan fingerprint density at radius 1 is 1.18 bits per heavy atom. The van der Waals surface area contributed by atoms with E-state index in [-0.39, 0.29) is 24.3 Å². The van der Waals surface area contributed by atoms with Crippen molar-refractivity contribution in [2.45, 2.75) is 51.2 Å². The molecule has 2 amide bonds. The zero-order valence-corrected chi connectivity index (χ0v) is 19.9. The minimum absolute atomic E-state index is 0.144. The Hall–Kier alpha value is -3.46. The van der Waals surface area contributed by atoms with Gasteiger partial charge in [0.05, 0.1) is 6.61 Å². The summed E-state index contributed by atoms with van der Waals surface area (Å²) in [6.07, 6.45) is 2.59. The van der Waals surface area contributed by atoms with Crippen molar-refractivity contribution in [3.63, 3.8) is 0 Å². The number of rotatable bonds is 11. The minimum Gasteiger partial charge on any atom is -0.494 e. The average Bonchev–Trinajstić information content (AvgIpc) is 3.58. The highest BCUT2D eigenvalue weighted by Gasteiger charge is 2.28. The van der Waals surface area contributed by atoms with Crippen LogP contribution in [0, 0.1) is 4.77 Å². The number of carbonyl (C=O) groups is 2. The summed E-state index contributed by atoms with van der Waals surface area (Å²) in [6, 6.07) is 16.9. The molecule has 1 aliphatic carbocycles. The molecule has 3 N–H and O–H groups in total. The molecule has 0 radical (unpaired) electrons. The van der Waals surface area contributed by atoms with Crippen LogP contribution in [0.3, 0.4) is 0 Å². The summed E-state index contributed by atoms with van der Waals surface area (Å²) in [5.74, 6) is 1.07. The van der Waals surface area contributed by atoms with Gasteiger partial charge in [0.2, 0.25) is 11.8 Å². The Bertz CT molecular complexity index is 1170. The normalized spacial score (nSPS) is 13.8. The van der Waals surface area contributed by atoms with E-state index in [0.717, 1.165) is 29.7 Å². The summed E-state index contributed by atoms with van der Waals surface area (Å²) >= 11 is 5.39. The second kappa shape index (κ2) is 11.1. The van der Waals surface area contributed by atoms with Crippen LogP contribution in [0.4, 0.5) is 0 Å². The monoisotopic (exact) mass is 479 g/mol. The maximum absolute atomic E-state index is 12.8. The van der Waals surface area contributed by atoms with Gasteiger partial charge < -0.3 is 15.4 Å². The molecule has 8 nitrogen and oxygen atoms in total. The number of nitrogens with one attached hydrogen (secondary N) is 3. The number of carbonyl (C=O) groups excluding carboxylic acids is 2. The predicted octanol–water partition coefficient (Wildman–Crippen LogP) is 3.40. The molecule has 4 rings (SSSR count). The molecule has 1 fully saturated rings. The Labute approximate surface area is 203 Å². The number of hydrogen-bond donors (Lipinski definition) is 3. The van der Waals surface area contributed by atoms with E-state index >= 15 is 0 Å². The van der Waals surface area contributed by atoms with E-state index in [0.29, 0.717) is 30.2 Å². The largest absolute Gasteiger partial charge is 0.494 e. The van der Waals surface area contributed by atoms with Crippen molar-refractivity contribution in [3.05, 3.63) is 64.9 Å². The lowest BCUT2D eigenvalue weighted by Crippen LogP contribution is -2.48. The number of benzene rings is 2. The second-order valence-electron chi connectivity index (χ2n) is 8.30. The fourth-order valence-corrected chi connectivity index (χ4v) is 3.90. The van der Waals surface area contributed by atoms with Crippen molar-refractivity contribution in [2.24, 2.45) is 0 Å². The van der Waals surface area contributed by atoms with Crippen molar-refractivity contribution in [3.8, 4) is 17.1 Å². The zero-order valence-electron chi connectivity index (χ0n) is 19.1. The lowest BCUT2D eigenvalue weighted by atomic mass is 10.0. The van der Waals surface area contributed by atoms with Gasteiger partial charge >= 0.3 is 0 Å². The number of hydrogen-bond acceptors (Lipinski definition) is 5. The van der Waals surface area contributed by atoms with Crippen LogP contribution in [0.5, 0.6) is 5.75 Å². The fourth-order valence-electron chi connectivity index (χ4n) is 3.68. The molecule has 0 bridgehead atoms. The number of amides is 2. The van der Waals surface area contributed by atoms with Crippen LogP contribution < -0.4 is 15.4 Å². The van der Waals surface area contributed by atoms with Crippen LogP contribution in [0.25, 0.3) is 11.4 Å². The third-order valence-corrected chi connectivity index (χ3v) is 5.91. The summed E-state index contributed by atoms with van der Waals surface area (Å²) in [7, 11) is 0. The first-order valence-corrected chi connectivity index (χ1v) is 12.0. The van der Waals surface area contributed by atoms with E-state index in [4.69, 9.17) is 17.0 Å². The SMILES string of the molecule is CCOc1ccc(-c2n[nH]c(=S)n2CCC(=O)NC(Cc2ccccc2)C(=O)NC2CC2)cc1. The summed E-state index contributed by atoms with van der Waals surface area (Å²) in [4.78, 5) is 25.6. The van der Waals surface area contributed by atoms with E-state index in [1.54, 1.807) is 4.57 Å². The third-order valence-electron chi connectivity index (χ3n) is 5.60. The van der Waals surface area contributed by atoms with Crippen molar-refractivity contribution in [2.75, 3.05) is 6.61 Å². The summed E-state index contributed by atoms with van der Waals surface area (Å²) in [5.41, 5.74) is 1.86. The highest BCUT2D eigenvalue weighted by molar-refractivity contribution is 7.71. The predicted molar refractivity (Wildman–Crippen MR) is 132 cm³/mol. The summed E-state index contributed by atoms with van der Waals surface area (Å²) in [5, 5.41) is 13.1. The molecule has 2 aromatic carbocycles. The average molecular weight is 480 g/mol. The van der Waals surface area contributed by atoms with E-state index in [1.807, 2.05) is 61.5 Å². The van der Waals surface area contributed by atoms with Crippen molar-refractivity contribution in [1.29, 1.82) is 0 Å². The molecule has 0 saturated heterocycles. The van der Waals surface area contributed by atoms with Gasteiger partial charge in [-0.25, -0.2) is 0 Å². The quantitative estimate of drug-likeness (QED) is 0.366. The first kappa shape index (κ1) is 23.7. The Balaban J connectivity index is 1.41. The van der Waals surface area contributed by atoms with E-state index in [1.165, 1.54) is 0 Å². The smallest absolute Gasteiger partial charge is 0.243 e. The molecule has 1 heterocycles. The highest BCUT2D eigenvalue weighted by atomic mass is 32.1. The first-order chi connectivity index (χ1) is 16.5. The molecule has 1 saturated carbocycles. The Kier molecular flexibility index (Phi) is 7.74. The van der Waals surface area contributed by atoms with Crippen LogP contribution in [-0.4, -0.2) is 45.3 Å². The van der Waals surface area contributed by atoms with E-state index in [9.17, 15) is 9.59 Å². The maximum Gasteiger partial charge on any atom is 0.243 e. The minimum atomic E-state index is -0.626. The van der Waals surface area contributed by atoms with Crippen LogP contribution in [0.15, 0.2) is 54.6 Å². The Morgan fingerprint density at radius 3 is 2.59 bits per heavy atom. The van der Waals surface area contributed by atoms with Crippen LogP contribution in [0.1, 0.15) is 31.7 Å². The number of H-pyrrole nitrogens is 1. The first-order valence-electron chi connectivity index (χ1n) is 11.6. The van der Waals surface area contributed by atoms with Gasteiger partial charge in [-0.2, -0.15) is 5.10 Å². The molecular formula is C25H29N5O3S. The molecule has 1 unspecified atom stereocenters. The molecule has 3 aromatic rings. The van der Waals surface area contributed by atoms with Gasteiger partial charge in [0.1, 0.15) is 11.8 Å². The third kappa shape index (κ3) is 6.32. The van der Waals surface area contributed by atoms with Gasteiger partial charge in [0, 0.05) is 31.0 Å². The van der Waals surface area contributed by atoms with Gasteiger partial charge in [-0.15, -0.1) is 0 Å². The van der Waals surface area contributed by atoms with Gasteiger partial charge in [-0.3, -0.25) is 19.3 Å². The molecule has 0 aliphatic heterocycles. The molecule has 34 heavy (non-hydrogen) atoms. The molecule has 0 spiro atoms. The number of aromatic nitrogens is 3. The number of nitrogens with zero attached hydrogens (tertiary/aromatic N) is 2. The molecule has 1 atom stereocenters. The van der Waals surface area contributed by atoms with Gasteiger partial charge in [-0.1, -0.05) is 30.3 Å². The number of aromatic amines is 1. The van der Waals surface area contributed by atoms with Crippen molar-refractivity contribution >= 4 is 24.0 Å². The van der Waals surface area contributed by atoms with Gasteiger partial charge in [0.15, 0.2) is 10.6 Å². The topological polar surface area (TPSA) is 101 Å². The highest BCUT2D eigenvalue weighted by Crippen LogP contribution is 2.22. The van der Waals surface area contributed by atoms with Crippen molar-refractivity contribution < 1.29 is 14.3 Å². The van der Waals surface area contributed by atoms with Gasteiger partial charge in [-0.05, 0) is 61.8 Å². The summed E-state index contributed by atoms with van der Waals surface area (Å²) < 4.78 is 7.72.